The molecule has 106 valence electrons. The predicted molar refractivity (Wildman–Crippen MR) is 82.0 cm³/mol. The Morgan fingerprint density at radius 3 is 2.75 bits per heavy atom. The van der Waals surface area contributed by atoms with Crippen LogP contribution in [-0.4, -0.2) is 19.1 Å². The molecule has 2 aromatic rings. The van der Waals surface area contributed by atoms with E-state index in [2.05, 4.69) is 12.2 Å². The van der Waals surface area contributed by atoms with Crippen LogP contribution in [0.25, 0.3) is 10.8 Å². The highest BCUT2D eigenvalue weighted by molar-refractivity contribution is 5.88. The highest BCUT2D eigenvalue weighted by Crippen LogP contribution is 2.24. The fourth-order valence-corrected chi connectivity index (χ4v) is 2.12. The summed E-state index contributed by atoms with van der Waals surface area (Å²) in [6.07, 6.45) is 3.32. The largest absolute Gasteiger partial charge is 0.483 e. The zero-order valence-corrected chi connectivity index (χ0v) is 11.9. The Hall–Kier alpha value is -2.03. The normalized spacial score (nSPS) is 10.4. The van der Waals surface area contributed by atoms with Gasteiger partial charge < -0.3 is 10.1 Å². The van der Waals surface area contributed by atoms with Gasteiger partial charge in [0.25, 0.3) is 5.91 Å². The maximum atomic E-state index is 11.7. The summed E-state index contributed by atoms with van der Waals surface area (Å²) in [5, 5.41) is 5.03. The van der Waals surface area contributed by atoms with Crippen molar-refractivity contribution in [3.8, 4) is 5.75 Å². The number of ether oxygens (including phenoxy) is 1. The zero-order chi connectivity index (χ0) is 14.2. The molecule has 1 N–H and O–H groups in total. The Morgan fingerprint density at radius 1 is 1.10 bits per heavy atom. The molecule has 0 unspecified atom stereocenters. The fraction of sp³-hybridized carbons (Fsp3) is 0.353. The summed E-state index contributed by atoms with van der Waals surface area (Å²) in [5.74, 6) is 0.695. The van der Waals surface area contributed by atoms with E-state index in [1.807, 2.05) is 42.5 Å². The van der Waals surface area contributed by atoms with E-state index in [1.54, 1.807) is 0 Å². The summed E-state index contributed by atoms with van der Waals surface area (Å²) in [7, 11) is 0. The van der Waals surface area contributed by atoms with E-state index in [4.69, 9.17) is 4.74 Å². The molecule has 1 amide bonds. The van der Waals surface area contributed by atoms with Crippen molar-refractivity contribution in [1.82, 2.24) is 5.32 Å². The number of unbranched alkanes of at least 4 members (excludes halogenated alkanes) is 2. The van der Waals surface area contributed by atoms with Crippen LogP contribution in [0, 0.1) is 0 Å². The highest BCUT2D eigenvalue weighted by Gasteiger charge is 2.05. The van der Waals surface area contributed by atoms with Crippen LogP contribution in [0.2, 0.25) is 0 Å². The van der Waals surface area contributed by atoms with Crippen molar-refractivity contribution < 1.29 is 9.53 Å². The van der Waals surface area contributed by atoms with E-state index in [9.17, 15) is 4.79 Å². The predicted octanol–water partition coefficient (Wildman–Crippen LogP) is 3.53. The van der Waals surface area contributed by atoms with Crippen molar-refractivity contribution in [3.05, 3.63) is 42.5 Å². The third-order valence-corrected chi connectivity index (χ3v) is 3.21. The average molecular weight is 271 g/mol. The molecule has 3 heteroatoms. The van der Waals surface area contributed by atoms with Gasteiger partial charge in [0.2, 0.25) is 0 Å². The van der Waals surface area contributed by atoms with Crippen molar-refractivity contribution in [1.29, 1.82) is 0 Å². The summed E-state index contributed by atoms with van der Waals surface area (Å²) in [6.45, 7) is 2.94. The lowest BCUT2D eigenvalue weighted by atomic mass is 10.1. The molecule has 0 radical (unpaired) electrons. The quantitative estimate of drug-likeness (QED) is 0.782. The van der Waals surface area contributed by atoms with Gasteiger partial charge in [-0.2, -0.15) is 0 Å². The molecule has 2 rings (SSSR count). The highest BCUT2D eigenvalue weighted by atomic mass is 16.5. The first-order valence-corrected chi connectivity index (χ1v) is 7.18. The summed E-state index contributed by atoms with van der Waals surface area (Å²) < 4.78 is 5.63. The van der Waals surface area contributed by atoms with Gasteiger partial charge in [0, 0.05) is 11.9 Å². The molecule has 20 heavy (non-hydrogen) atoms. The van der Waals surface area contributed by atoms with Gasteiger partial charge in [-0.25, -0.2) is 0 Å². The van der Waals surface area contributed by atoms with E-state index in [1.165, 1.54) is 0 Å². The second-order valence-corrected chi connectivity index (χ2v) is 4.82. The minimum atomic E-state index is -0.0611. The Kier molecular flexibility index (Phi) is 5.42. The molecule has 0 aromatic heterocycles. The molecule has 0 atom stereocenters. The first-order valence-electron chi connectivity index (χ1n) is 7.18. The van der Waals surface area contributed by atoms with E-state index in [0.29, 0.717) is 0 Å². The van der Waals surface area contributed by atoms with Gasteiger partial charge in [-0.15, -0.1) is 0 Å². The molecular formula is C17H21NO2. The second-order valence-electron chi connectivity index (χ2n) is 4.82. The average Bonchev–Trinajstić information content (AvgIpc) is 2.49. The van der Waals surface area contributed by atoms with Crippen LogP contribution in [0.5, 0.6) is 5.75 Å². The number of carbonyl (C=O) groups is 1. The van der Waals surface area contributed by atoms with Gasteiger partial charge in [-0.1, -0.05) is 56.2 Å². The van der Waals surface area contributed by atoms with Crippen LogP contribution in [0.3, 0.4) is 0 Å². The van der Waals surface area contributed by atoms with E-state index in [-0.39, 0.29) is 12.5 Å². The SMILES string of the molecule is CCCCCNC(=O)COc1cccc2ccccc12. The summed E-state index contributed by atoms with van der Waals surface area (Å²) in [5.41, 5.74) is 0. The van der Waals surface area contributed by atoms with Crippen molar-refractivity contribution >= 4 is 16.7 Å². The molecule has 3 nitrogen and oxygen atoms in total. The molecule has 2 aromatic carbocycles. The molecule has 0 fully saturated rings. The zero-order valence-electron chi connectivity index (χ0n) is 11.9. The standard InChI is InChI=1S/C17H21NO2/c1-2-3-6-12-18-17(19)13-20-16-11-7-9-14-8-4-5-10-15(14)16/h4-5,7-11H,2-3,6,12-13H2,1H3,(H,18,19). The van der Waals surface area contributed by atoms with Crippen LogP contribution in [0.1, 0.15) is 26.2 Å². The number of carbonyl (C=O) groups excluding carboxylic acids is 1. The number of benzene rings is 2. The summed E-state index contributed by atoms with van der Waals surface area (Å²) in [6, 6.07) is 13.9. The van der Waals surface area contributed by atoms with Gasteiger partial charge in [0.15, 0.2) is 6.61 Å². The third-order valence-electron chi connectivity index (χ3n) is 3.21. The first kappa shape index (κ1) is 14.4. The first-order chi connectivity index (χ1) is 9.81. The molecule has 0 heterocycles. The van der Waals surface area contributed by atoms with Gasteiger partial charge in [0.1, 0.15) is 5.75 Å². The number of amides is 1. The Labute approximate surface area is 119 Å². The van der Waals surface area contributed by atoms with Crippen LogP contribution in [-0.2, 0) is 4.79 Å². The Bertz CT molecular complexity index is 560. The molecule has 0 aliphatic carbocycles. The van der Waals surface area contributed by atoms with Crippen LogP contribution < -0.4 is 10.1 Å². The lowest BCUT2D eigenvalue weighted by molar-refractivity contribution is -0.123. The third kappa shape index (κ3) is 3.98. The Balaban J connectivity index is 1.88. The fourth-order valence-electron chi connectivity index (χ4n) is 2.12. The van der Waals surface area contributed by atoms with Crippen molar-refractivity contribution in [2.75, 3.05) is 13.2 Å². The van der Waals surface area contributed by atoms with E-state index >= 15 is 0 Å². The molecule has 0 aliphatic heterocycles. The van der Waals surface area contributed by atoms with Gasteiger partial charge in [0.05, 0.1) is 0 Å². The van der Waals surface area contributed by atoms with Crippen LogP contribution in [0.4, 0.5) is 0 Å². The van der Waals surface area contributed by atoms with Crippen LogP contribution in [0.15, 0.2) is 42.5 Å². The molecule has 0 spiro atoms. The van der Waals surface area contributed by atoms with Crippen molar-refractivity contribution in [3.63, 3.8) is 0 Å². The number of nitrogens with one attached hydrogen (secondary N) is 1. The molecule has 0 bridgehead atoms. The maximum Gasteiger partial charge on any atom is 0.257 e. The Morgan fingerprint density at radius 2 is 1.90 bits per heavy atom. The minimum Gasteiger partial charge on any atom is -0.483 e. The minimum absolute atomic E-state index is 0.0611. The van der Waals surface area contributed by atoms with E-state index < -0.39 is 0 Å². The monoisotopic (exact) mass is 271 g/mol. The van der Waals surface area contributed by atoms with Gasteiger partial charge in [-0.3, -0.25) is 4.79 Å². The number of rotatable bonds is 7. The lowest BCUT2D eigenvalue weighted by Crippen LogP contribution is -2.29. The van der Waals surface area contributed by atoms with Gasteiger partial charge in [-0.05, 0) is 17.9 Å². The second kappa shape index (κ2) is 7.53. The molecular weight excluding hydrogens is 250 g/mol. The van der Waals surface area contributed by atoms with Crippen molar-refractivity contribution in [2.45, 2.75) is 26.2 Å². The maximum absolute atomic E-state index is 11.7. The molecule has 0 aliphatic rings. The number of fused-ring (bicyclic) bond motifs is 1. The smallest absolute Gasteiger partial charge is 0.257 e. The molecule has 0 saturated carbocycles. The number of hydrogen-bond donors (Lipinski definition) is 1. The number of hydrogen-bond acceptors (Lipinski definition) is 2. The van der Waals surface area contributed by atoms with Gasteiger partial charge >= 0.3 is 0 Å². The topological polar surface area (TPSA) is 38.3 Å². The van der Waals surface area contributed by atoms with E-state index in [0.717, 1.165) is 42.3 Å². The van der Waals surface area contributed by atoms with Crippen molar-refractivity contribution in [2.24, 2.45) is 0 Å². The summed E-state index contributed by atoms with van der Waals surface area (Å²) in [4.78, 5) is 11.7. The van der Waals surface area contributed by atoms with Crippen LogP contribution >= 0.6 is 0 Å². The lowest BCUT2D eigenvalue weighted by Gasteiger charge is -2.09. The molecule has 0 saturated heterocycles. The summed E-state index contributed by atoms with van der Waals surface area (Å²) >= 11 is 0.